The number of ether oxygens (including phenoxy) is 3. The number of benzene rings is 2. The minimum absolute atomic E-state index is 0.0744. The molecule has 0 bridgehead atoms. The van der Waals surface area contributed by atoms with Crippen LogP contribution in [-0.4, -0.2) is 88.8 Å². The van der Waals surface area contributed by atoms with Gasteiger partial charge in [-0.2, -0.15) is 0 Å². The van der Waals surface area contributed by atoms with Gasteiger partial charge in [0.05, 0.1) is 30.1 Å². The van der Waals surface area contributed by atoms with E-state index in [-0.39, 0.29) is 55.4 Å². The van der Waals surface area contributed by atoms with Gasteiger partial charge in [-0.3, -0.25) is 0 Å². The predicted molar refractivity (Wildman–Crippen MR) is 179 cm³/mol. The molecule has 2 atom stereocenters. The van der Waals surface area contributed by atoms with Gasteiger partial charge < -0.3 is 24.4 Å². The van der Waals surface area contributed by atoms with Gasteiger partial charge in [0.2, 0.25) is 21.9 Å². The number of likely N-dealkylation sites (tertiary alicyclic amines) is 1. The molecule has 50 heavy (non-hydrogen) atoms. The first-order valence-electron chi connectivity index (χ1n) is 15.9. The van der Waals surface area contributed by atoms with Gasteiger partial charge in [0.25, 0.3) is 0 Å². The monoisotopic (exact) mass is 710 g/mol. The molecule has 16 heteroatoms. The van der Waals surface area contributed by atoms with Crippen LogP contribution >= 0.6 is 0 Å². The molecule has 2 aromatic carbocycles. The van der Waals surface area contributed by atoms with Crippen LogP contribution in [0.1, 0.15) is 38.3 Å². The third-order valence-corrected chi connectivity index (χ3v) is 9.73. The van der Waals surface area contributed by atoms with Crippen molar-refractivity contribution >= 4 is 38.9 Å². The van der Waals surface area contributed by atoms with Crippen molar-refractivity contribution < 1.29 is 41.0 Å². The molecule has 2 amide bonds. The number of alkyl halides is 1. The maximum Gasteiger partial charge on any atom is 0.423 e. The van der Waals surface area contributed by atoms with Crippen LogP contribution < -0.4 is 10.1 Å². The van der Waals surface area contributed by atoms with E-state index in [1.54, 1.807) is 58.0 Å². The smallest absolute Gasteiger partial charge is 0.423 e. The van der Waals surface area contributed by atoms with Crippen molar-refractivity contribution in [3.05, 3.63) is 71.8 Å². The Bertz CT molecular complexity index is 2060. The van der Waals surface area contributed by atoms with Gasteiger partial charge in [-0.15, -0.1) is 0 Å². The number of nitrogens with zero attached hydrogens (tertiary/aromatic N) is 5. The van der Waals surface area contributed by atoms with Gasteiger partial charge in [0, 0.05) is 42.4 Å². The zero-order valence-electron chi connectivity index (χ0n) is 27.9. The number of aryl methyl sites for hydroxylation is 1. The lowest BCUT2D eigenvalue weighted by Crippen LogP contribution is -2.51. The average Bonchev–Trinajstić information content (AvgIpc) is 3.50. The van der Waals surface area contributed by atoms with Crippen LogP contribution in [0.2, 0.25) is 0 Å². The number of carbonyl (C=O) groups excluding carboxylic acids is 2. The summed E-state index contributed by atoms with van der Waals surface area (Å²) in [5.41, 5.74) is 0.724. The van der Waals surface area contributed by atoms with Gasteiger partial charge in [0.1, 0.15) is 29.9 Å². The summed E-state index contributed by atoms with van der Waals surface area (Å²) < 4.78 is 73.3. The molecular weight excluding hydrogens is 674 g/mol. The fraction of sp³-hybridized carbons (Fsp3) is 0.382. The lowest BCUT2D eigenvalue weighted by Gasteiger charge is -2.36. The molecule has 2 fully saturated rings. The van der Waals surface area contributed by atoms with E-state index >= 15 is 4.39 Å². The molecule has 4 heterocycles. The zero-order chi connectivity index (χ0) is 35.8. The van der Waals surface area contributed by atoms with E-state index in [9.17, 15) is 22.4 Å². The molecule has 264 valence electrons. The quantitative estimate of drug-likeness (QED) is 0.230. The number of rotatable bonds is 8. The molecule has 0 radical (unpaired) electrons. The highest BCUT2D eigenvalue weighted by Crippen LogP contribution is 2.39. The first kappa shape index (κ1) is 34.7. The van der Waals surface area contributed by atoms with E-state index in [4.69, 9.17) is 14.2 Å². The SMILES string of the molecule is Cc1ccc2c(CS(=O)(=O)N3CCOC3=O)c(F)ccc2c1Oc1ncccc1-c1ccnc(NC2CC(F)CN(C(=O)OC(C)(C)C)C2)n1. The Hall–Kier alpha value is -5.12. The number of pyridine rings is 1. The molecule has 0 saturated carbocycles. The van der Waals surface area contributed by atoms with Crippen molar-refractivity contribution in [1.82, 2.24) is 24.2 Å². The molecule has 0 aliphatic carbocycles. The molecule has 13 nitrogen and oxygen atoms in total. The first-order valence-corrected chi connectivity index (χ1v) is 17.5. The second-order valence-electron chi connectivity index (χ2n) is 13.1. The normalized spacial score (nSPS) is 18.2. The van der Waals surface area contributed by atoms with E-state index in [0.29, 0.717) is 32.3 Å². The summed E-state index contributed by atoms with van der Waals surface area (Å²) in [5, 5.41) is 3.84. The maximum atomic E-state index is 15.2. The Morgan fingerprint density at radius 3 is 2.60 bits per heavy atom. The Morgan fingerprint density at radius 2 is 1.86 bits per heavy atom. The Morgan fingerprint density at radius 1 is 1.08 bits per heavy atom. The molecule has 6 rings (SSSR count). The molecular formula is C34H36F2N6O7S. The molecule has 2 aliphatic rings. The minimum Gasteiger partial charge on any atom is -0.447 e. The number of anilines is 1. The van der Waals surface area contributed by atoms with Crippen LogP contribution in [0.4, 0.5) is 24.3 Å². The summed E-state index contributed by atoms with van der Waals surface area (Å²) in [6, 6.07) is 10.5. The van der Waals surface area contributed by atoms with Gasteiger partial charge >= 0.3 is 12.2 Å². The Balaban J connectivity index is 1.27. The van der Waals surface area contributed by atoms with Crippen LogP contribution in [0, 0.1) is 12.7 Å². The summed E-state index contributed by atoms with van der Waals surface area (Å²) in [4.78, 5) is 39.3. The molecule has 2 saturated heterocycles. The first-order chi connectivity index (χ1) is 23.7. The Kier molecular flexibility index (Phi) is 9.48. The van der Waals surface area contributed by atoms with Gasteiger partial charge in [-0.25, -0.2) is 46.0 Å². The van der Waals surface area contributed by atoms with Crippen molar-refractivity contribution in [3.63, 3.8) is 0 Å². The number of hydrogen-bond donors (Lipinski definition) is 1. The number of carbonyl (C=O) groups is 2. The second kappa shape index (κ2) is 13.7. The van der Waals surface area contributed by atoms with Crippen molar-refractivity contribution in [1.29, 1.82) is 0 Å². The molecule has 2 aromatic heterocycles. The van der Waals surface area contributed by atoms with Crippen molar-refractivity contribution in [2.75, 3.05) is 31.6 Å². The lowest BCUT2D eigenvalue weighted by atomic mass is 10.0. The minimum atomic E-state index is -4.23. The van der Waals surface area contributed by atoms with Crippen molar-refractivity contribution in [3.8, 4) is 22.9 Å². The number of piperidine rings is 1. The van der Waals surface area contributed by atoms with Crippen LogP contribution in [-0.2, 0) is 25.2 Å². The highest BCUT2D eigenvalue weighted by molar-refractivity contribution is 7.88. The molecule has 4 aromatic rings. The van der Waals surface area contributed by atoms with E-state index in [2.05, 4.69) is 20.3 Å². The molecule has 2 unspecified atom stereocenters. The number of hydrogen-bond acceptors (Lipinski definition) is 11. The summed E-state index contributed by atoms with van der Waals surface area (Å²) in [6.07, 6.45) is 0.323. The zero-order valence-corrected chi connectivity index (χ0v) is 28.7. The average molecular weight is 711 g/mol. The summed E-state index contributed by atoms with van der Waals surface area (Å²) in [7, 11) is -4.23. The highest BCUT2D eigenvalue weighted by Gasteiger charge is 2.35. The summed E-state index contributed by atoms with van der Waals surface area (Å²) in [6.45, 7) is 6.92. The summed E-state index contributed by atoms with van der Waals surface area (Å²) in [5.74, 6) is -0.852. The number of nitrogens with one attached hydrogen (secondary N) is 1. The number of fused-ring (bicyclic) bond motifs is 1. The van der Waals surface area contributed by atoms with E-state index in [1.807, 2.05) is 0 Å². The van der Waals surface area contributed by atoms with E-state index < -0.39 is 51.6 Å². The standard InChI is InChI=1S/C34H36F2N6O7S/c1-20-7-8-23-24(9-10-27(36)26(23)19-50(45,46)42-14-15-47-33(42)44)29(20)48-30-25(6-5-12-37-30)28-11-13-38-31(40-28)39-22-16-21(35)17-41(18-22)32(43)49-34(2,3)4/h5-13,21-22H,14-19H2,1-4H3,(H,38,39,40). The van der Waals surface area contributed by atoms with Gasteiger partial charge in [0.15, 0.2) is 0 Å². The third kappa shape index (κ3) is 7.54. The molecule has 0 spiro atoms. The number of amides is 2. The topological polar surface area (TPSA) is 153 Å². The predicted octanol–water partition coefficient (Wildman–Crippen LogP) is 5.97. The van der Waals surface area contributed by atoms with Gasteiger partial charge in [-0.05, 0) is 69.0 Å². The maximum absolute atomic E-state index is 15.2. The number of halogens is 2. The third-order valence-electron chi connectivity index (χ3n) is 8.07. The van der Waals surface area contributed by atoms with Crippen LogP contribution in [0.25, 0.3) is 22.0 Å². The van der Waals surface area contributed by atoms with E-state index in [0.717, 1.165) is 6.07 Å². The largest absolute Gasteiger partial charge is 0.447 e. The van der Waals surface area contributed by atoms with Crippen LogP contribution in [0.3, 0.4) is 0 Å². The fourth-order valence-electron chi connectivity index (χ4n) is 5.84. The van der Waals surface area contributed by atoms with Crippen molar-refractivity contribution in [2.45, 2.75) is 57.7 Å². The van der Waals surface area contributed by atoms with Crippen LogP contribution in [0.15, 0.2) is 54.9 Å². The number of cyclic esters (lactones) is 1. The number of aromatic nitrogens is 3. The van der Waals surface area contributed by atoms with E-state index in [1.165, 1.54) is 23.4 Å². The fourth-order valence-corrected chi connectivity index (χ4v) is 7.29. The number of sulfonamides is 1. The molecule has 2 aliphatic heterocycles. The Labute approximate surface area is 287 Å². The highest BCUT2D eigenvalue weighted by atomic mass is 32.2. The van der Waals surface area contributed by atoms with Crippen LogP contribution in [0.5, 0.6) is 11.6 Å². The summed E-state index contributed by atoms with van der Waals surface area (Å²) >= 11 is 0. The second-order valence-corrected chi connectivity index (χ2v) is 15.0. The van der Waals surface area contributed by atoms with Gasteiger partial charge in [-0.1, -0.05) is 12.1 Å². The lowest BCUT2D eigenvalue weighted by molar-refractivity contribution is 0.0124. The van der Waals surface area contributed by atoms with Crippen molar-refractivity contribution in [2.24, 2.45) is 0 Å². The molecule has 1 N–H and O–H groups in total.